The van der Waals surface area contributed by atoms with Gasteiger partial charge in [0.25, 0.3) is 0 Å². The first-order valence-corrected chi connectivity index (χ1v) is 7.11. The third kappa shape index (κ3) is 2.90. The van der Waals surface area contributed by atoms with Crippen LogP contribution in [0.2, 0.25) is 0 Å². The molecule has 0 atom stereocenters. The minimum atomic E-state index is -0.392. The van der Waals surface area contributed by atoms with E-state index in [0.29, 0.717) is 34.7 Å². The minimum absolute atomic E-state index is 0.318. The number of aromatic nitrogens is 4. The van der Waals surface area contributed by atoms with Crippen LogP contribution in [0.15, 0.2) is 36.8 Å². The van der Waals surface area contributed by atoms with E-state index in [1.807, 2.05) is 18.2 Å². The average Bonchev–Trinajstić information content (AvgIpc) is 2.92. The Balaban J connectivity index is 2.07. The van der Waals surface area contributed by atoms with Crippen molar-refractivity contribution in [2.75, 3.05) is 6.61 Å². The van der Waals surface area contributed by atoms with Gasteiger partial charge < -0.3 is 9.30 Å². The Morgan fingerprint density at radius 3 is 2.87 bits per heavy atom. The molecule has 0 N–H and O–H groups in total. The van der Waals surface area contributed by atoms with E-state index < -0.39 is 5.97 Å². The molecule has 0 aromatic carbocycles. The number of fused-ring (bicyclic) bond motifs is 1. The molecule has 0 aliphatic carbocycles. The lowest BCUT2D eigenvalue weighted by Gasteiger charge is -2.02. The molecule has 6 heteroatoms. The largest absolute Gasteiger partial charge is 0.461 e. The monoisotopic (exact) mass is 306 g/mol. The SMILES string of the molecule is CCOC(=O)c1cc2c(C#Cc3ccccn3)ncnc2n1C. The second kappa shape index (κ2) is 6.28. The molecule has 0 bridgehead atoms. The summed E-state index contributed by atoms with van der Waals surface area (Å²) in [4.78, 5) is 24.6. The van der Waals surface area contributed by atoms with Crippen LogP contribution in [0.3, 0.4) is 0 Å². The highest BCUT2D eigenvalue weighted by molar-refractivity contribution is 5.95. The van der Waals surface area contributed by atoms with Gasteiger partial charge in [0.1, 0.15) is 29.1 Å². The number of aryl methyl sites for hydroxylation is 1. The van der Waals surface area contributed by atoms with Crippen LogP contribution in [0.4, 0.5) is 0 Å². The zero-order valence-corrected chi connectivity index (χ0v) is 12.8. The molecule has 0 saturated heterocycles. The lowest BCUT2D eigenvalue weighted by molar-refractivity contribution is 0.0516. The van der Waals surface area contributed by atoms with Crippen LogP contribution in [0.5, 0.6) is 0 Å². The number of hydrogen-bond donors (Lipinski definition) is 0. The number of pyridine rings is 1. The molecular formula is C17H14N4O2. The maximum absolute atomic E-state index is 12.0. The number of rotatable bonds is 2. The molecule has 0 unspecified atom stereocenters. The summed E-state index contributed by atoms with van der Waals surface area (Å²) < 4.78 is 6.73. The lowest BCUT2D eigenvalue weighted by Crippen LogP contribution is -2.09. The highest BCUT2D eigenvalue weighted by atomic mass is 16.5. The molecule has 3 heterocycles. The van der Waals surface area contributed by atoms with E-state index in [1.165, 1.54) is 6.33 Å². The molecule has 3 aromatic heterocycles. The molecule has 6 nitrogen and oxygen atoms in total. The summed E-state index contributed by atoms with van der Waals surface area (Å²) in [5.74, 6) is 5.55. The van der Waals surface area contributed by atoms with Gasteiger partial charge in [-0.25, -0.2) is 19.7 Å². The normalized spacial score (nSPS) is 10.2. The van der Waals surface area contributed by atoms with E-state index in [9.17, 15) is 4.79 Å². The molecule has 0 spiro atoms. The van der Waals surface area contributed by atoms with E-state index in [0.717, 1.165) is 0 Å². The standard InChI is InChI=1S/C17H14N4O2/c1-3-23-17(22)15-10-13-14(19-11-20-16(13)21(15)2)8-7-12-6-4-5-9-18-12/h4-6,9-11H,3H2,1-2H3. The fourth-order valence-electron chi connectivity index (χ4n) is 2.19. The molecule has 0 aliphatic rings. The third-order valence-electron chi connectivity index (χ3n) is 3.28. The molecule has 0 aliphatic heterocycles. The van der Waals surface area contributed by atoms with E-state index >= 15 is 0 Å². The molecule has 114 valence electrons. The summed E-state index contributed by atoms with van der Waals surface area (Å²) in [5.41, 5.74) is 2.25. The second-order valence-corrected chi connectivity index (χ2v) is 4.73. The maximum Gasteiger partial charge on any atom is 0.355 e. The highest BCUT2D eigenvalue weighted by Crippen LogP contribution is 2.19. The summed E-state index contributed by atoms with van der Waals surface area (Å²) in [6, 6.07) is 7.22. The van der Waals surface area contributed by atoms with Crippen molar-refractivity contribution in [2.45, 2.75) is 6.92 Å². The summed E-state index contributed by atoms with van der Waals surface area (Å²) in [5, 5.41) is 0.710. The van der Waals surface area contributed by atoms with Crippen LogP contribution in [-0.2, 0) is 11.8 Å². The van der Waals surface area contributed by atoms with E-state index in [1.54, 1.807) is 30.8 Å². The molecule has 0 saturated carbocycles. The fraction of sp³-hybridized carbons (Fsp3) is 0.176. The predicted molar refractivity (Wildman–Crippen MR) is 84.7 cm³/mol. The average molecular weight is 306 g/mol. The summed E-state index contributed by atoms with van der Waals surface area (Å²) in [7, 11) is 1.76. The summed E-state index contributed by atoms with van der Waals surface area (Å²) in [6.07, 6.45) is 3.11. The maximum atomic E-state index is 12.0. The van der Waals surface area contributed by atoms with Crippen LogP contribution in [0, 0.1) is 11.8 Å². The first-order valence-electron chi connectivity index (χ1n) is 7.11. The summed E-state index contributed by atoms with van der Waals surface area (Å²) >= 11 is 0. The van der Waals surface area contributed by atoms with Gasteiger partial charge in [0, 0.05) is 13.2 Å². The van der Waals surface area contributed by atoms with E-state index in [-0.39, 0.29) is 0 Å². The van der Waals surface area contributed by atoms with Gasteiger partial charge in [-0.05, 0) is 37.0 Å². The quantitative estimate of drug-likeness (QED) is 0.534. The topological polar surface area (TPSA) is 69.9 Å². The van der Waals surface area contributed by atoms with Crippen molar-refractivity contribution in [1.29, 1.82) is 0 Å². The zero-order chi connectivity index (χ0) is 16.2. The van der Waals surface area contributed by atoms with Crippen molar-refractivity contribution in [2.24, 2.45) is 7.05 Å². The number of ether oxygens (including phenoxy) is 1. The van der Waals surface area contributed by atoms with Crippen LogP contribution < -0.4 is 0 Å². The lowest BCUT2D eigenvalue weighted by atomic mass is 10.2. The first-order chi connectivity index (χ1) is 11.2. The molecule has 0 amide bonds. The Morgan fingerprint density at radius 1 is 1.26 bits per heavy atom. The Kier molecular flexibility index (Phi) is 4.02. The molecule has 0 radical (unpaired) electrons. The summed E-state index contributed by atoms with van der Waals surface area (Å²) in [6.45, 7) is 2.09. The van der Waals surface area contributed by atoms with Gasteiger partial charge >= 0.3 is 5.97 Å². The van der Waals surface area contributed by atoms with Gasteiger partial charge in [-0.3, -0.25) is 0 Å². The van der Waals surface area contributed by atoms with Crippen molar-refractivity contribution >= 4 is 17.0 Å². The van der Waals surface area contributed by atoms with Crippen LogP contribution in [-0.4, -0.2) is 32.1 Å². The molecular weight excluding hydrogens is 292 g/mol. The van der Waals surface area contributed by atoms with Crippen molar-refractivity contribution in [3.8, 4) is 11.8 Å². The third-order valence-corrected chi connectivity index (χ3v) is 3.28. The van der Waals surface area contributed by atoms with Gasteiger partial charge in [-0.15, -0.1) is 0 Å². The zero-order valence-electron chi connectivity index (χ0n) is 12.8. The van der Waals surface area contributed by atoms with Crippen LogP contribution in [0.25, 0.3) is 11.0 Å². The number of carbonyl (C=O) groups is 1. The van der Waals surface area contributed by atoms with Crippen molar-refractivity contribution < 1.29 is 9.53 Å². The van der Waals surface area contributed by atoms with Crippen molar-refractivity contribution in [3.05, 3.63) is 53.9 Å². The molecule has 0 fully saturated rings. The van der Waals surface area contributed by atoms with Gasteiger partial charge in [0.2, 0.25) is 0 Å². The number of hydrogen-bond acceptors (Lipinski definition) is 5. The molecule has 3 aromatic rings. The number of nitrogens with zero attached hydrogens (tertiary/aromatic N) is 4. The minimum Gasteiger partial charge on any atom is -0.461 e. The number of carbonyl (C=O) groups excluding carboxylic acids is 1. The van der Waals surface area contributed by atoms with Crippen LogP contribution in [0.1, 0.15) is 28.8 Å². The smallest absolute Gasteiger partial charge is 0.355 e. The van der Waals surface area contributed by atoms with Crippen molar-refractivity contribution in [3.63, 3.8) is 0 Å². The fourth-order valence-corrected chi connectivity index (χ4v) is 2.19. The van der Waals surface area contributed by atoms with E-state index in [4.69, 9.17) is 4.74 Å². The van der Waals surface area contributed by atoms with Gasteiger partial charge in [0.15, 0.2) is 0 Å². The van der Waals surface area contributed by atoms with Gasteiger partial charge in [0.05, 0.1) is 12.0 Å². The molecule has 23 heavy (non-hydrogen) atoms. The van der Waals surface area contributed by atoms with E-state index in [2.05, 4.69) is 26.8 Å². The highest BCUT2D eigenvalue weighted by Gasteiger charge is 2.17. The second-order valence-electron chi connectivity index (χ2n) is 4.73. The van der Waals surface area contributed by atoms with Gasteiger partial charge in [-0.2, -0.15) is 0 Å². The van der Waals surface area contributed by atoms with Gasteiger partial charge in [-0.1, -0.05) is 6.07 Å². The molecule has 3 rings (SSSR count). The Bertz CT molecular complexity index is 920. The Labute approximate surface area is 133 Å². The Hall–Kier alpha value is -3.20. The first kappa shape index (κ1) is 14.7. The van der Waals surface area contributed by atoms with Crippen molar-refractivity contribution in [1.82, 2.24) is 19.5 Å². The predicted octanol–water partition coefficient (Wildman–Crippen LogP) is 1.94. The number of esters is 1. The van der Waals surface area contributed by atoms with Crippen LogP contribution >= 0.6 is 0 Å². The Morgan fingerprint density at radius 2 is 2.13 bits per heavy atom.